The zero-order valence-electron chi connectivity index (χ0n) is 21.0. The van der Waals surface area contributed by atoms with Crippen molar-refractivity contribution in [2.24, 2.45) is 5.41 Å². The molecule has 0 amide bonds. The molecule has 0 aromatic rings. The molecule has 1 fully saturated rings. The molecule has 1 rings (SSSR count). The van der Waals surface area contributed by atoms with Crippen LogP contribution >= 0.6 is 0 Å². The fourth-order valence-electron chi connectivity index (χ4n) is 3.61. The Morgan fingerprint density at radius 2 is 1.34 bits per heavy atom. The predicted octanol–water partition coefficient (Wildman–Crippen LogP) is 7.53. The zero-order valence-corrected chi connectivity index (χ0v) is 21.0. The zero-order chi connectivity index (χ0) is 22.2. The Balaban J connectivity index is 2.38. The van der Waals surface area contributed by atoms with Crippen molar-refractivity contribution in [3.63, 3.8) is 0 Å². The van der Waals surface area contributed by atoms with Crippen molar-refractivity contribution in [1.29, 1.82) is 0 Å². The van der Waals surface area contributed by atoms with Crippen LogP contribution in [-0.2, 0) is 14.0 Å². The summed E-state index contributed by atoms with van der Waals surface area (Å²) in [6, 6.07) is 0. The Morgan fingerprint density at radius 3 is 1.86 bits per heavy atom. The third kappa shape index (κ3) is 8.38. The first-order valence-corrected chi connectivity index (χ1v) is 12.0. The first-order chi connectivity index (χ1) is 13.3. The Morgan fingerprint density at radius 1 is 0.828 bits per heavy atom. The molecule has 1 heterocycles. The second-order valence-electron chi connectivity index (χ2n) is 11.0. The number of ether oxygens (including phenoxy) is 1. The Kier molecular flexibility index (Phi) is 10.5. The van der Waals surface area contributed by atoms with E-state index in [1.54, 1.807) is 0 Å². The molecule has 1 aliphatic rings. The molecule has 29 heavy (non-hydrogen) atoms. The van der Waals surface area contributed by atoms with Crippen LogP contribution in [0, 0.1) is 5.41 Å². The molecule has 0 spiro atoms. The van der Waals surface area contributed by atoms with Gasteiger partial charge in [-0.2, -0.15) is 0 Å². The Labute approximate surface area is 182 Å². The van der Waals surface area contributed by atoms with E-state index in [9.17, 15) is 0 Å². The van der Waals surface area contributed by atoms with Gasteiger partial charge < -0.3 is 14.0 Å². The van der Waals surface area contributed by atoms with Gasteiger partial charge in [0.2, 0.25) is 0 Å². The maximum absolute atomic E-state index is 6.45. The van der Waals surface area contributed by atoms with E-state index in [0.29, 0.717) is 0 Å². The van der Waals surface area contributed by atoms with Gasteiger partial charge in [0.25, 0.3) is 0 Å². The molecule has 4 heteroatoms. The van der Waals surface area contributed by atoms with Gasteiger partial charge in [0, 0.05) is 0 Å². The maximum atomic E-state index is 6.45. The molecular weight excluding hydrogens is 359 g/mol. The van der Waals surface area contributed by atoms with Gasteiger partial charge in [-0.25, -0.2) is 0 Å². The normalized spacial score (nSPS) is 21.1. The molecule has 0 N–H and O–H groups in total. The fraction of sp³-hybridized carbons (Fsp3) is 0.920. The fourth-order valence-corrected chi connectivity index (χ4v) is 3.61. The number of unbranched alkanes of at least 4 members (excludes halogenated alkanes) is 6. The van der Waals surface area contributed by atoms with Crippen molar-refractivity contribution >= 4 is 7.12 Å². The second-order valence-corrected chi connectivity index (χ2v) is 11.0. The molecule has 3 nitrogen and oxygen atoms in total. The number of hydrogen-bond donors (Lipinski definition) is 0. The molecule has 0 aromatic heterocycles. The summed E-state index contributed by atoms with van der Waals surface area (Å²) >= 11 is 0. The van der Waals surface area contributed by atoms with Crippen molar-refractivity contribution in [2.45, 2.75) is 137 Å². The maximum Gasteiger partial charge on any atom is 0.486 e. The highest BCUT2D eigenvalue weighted by atomic mass is 16.7. The summed E-state index contributed by atoms with van der Waals surface area (Å²) in [6.45, 7) is 20.5. The van der Waals surface area contributed by atoms with Gasteiger partial charge in [-0.15, -0.1) is 0 Å². The van der Waals surface area contributed by atoms with Crippen LogP contribution in [-0.4, -0.2) is 30.5 Å². The first kappa shape index (κ1) is 26.7. The third-order valence-corrected chi connectivity index (χ3v) is 7.11. The molecule has 0 aromatic carbocycles. The van der Waals surface area contributed by atoms with Crippen molar-refractivity contribution in [3.8, 4) is 0 Å². The van der Waals surface area contributed by atoms with Gasteiger partial charge in [-0.1, -0.05) is 84.7 Å². The topological polar surface area (TPSA) is 27.7 Å². The molecule has 1 aliphatic heterocycles. The van der Waals surface area contributed by atoms with E-state index in [4.69, 9.17) is 14.0 Å². The SMILES string of the molecule is CCCCCCCCCC(C)(OCC/C=C/B1OC(C)(C)C(C)(C)O1)C(C)(C)C. The van der Waals surface area contributed by atoms with E-state index in [1.165, 1.54) is 44.9 Å². The van der Waals surface area contributed by atoms with Crippen LogP contribution in [0.25, 0.3) is 0 Å². The van der Waals surface area contributed by atoms with Crippen LogP contribution in [0.4, 0.5) is 0 Å². The lowest BCUT2D eigenvalue weighted by molar-refractivity contribution is -0.109. The minimum Gasteiger partial charge on any atom is -0.400 e. The summed E-state index contributed by atoms with van der Waals surface area (Å²) in [4.78, 5) is 0. The van der Waals surface area contributed by atoms with E-state index >= 15 is 0 Å². The van der Waals surface area contributed by atoms with Crippen molar-refractivity contribution in [2.75, 3.05) is 6.61 Å². The van der Waals surface area contributed by atoms with Gasteiger partial charge in [-0.05, 0) is 52.9 Å². The molecular formula is C25H49BO3. The van der Waals surface area contributed by atoms with Gasteiger partial charge in [0.15, 0.2) is 0 Å². The van der Waals surface area contributed by atoms with E-state index in [1.807, 2.05) is 5.98 Å². The molecule has 1 atom stereocenters. The average molecular weight is 408 g/mol. The van der Waals surface area contributed by atoms with Crippen LogP contribution in [0.15, 0.2) is 12.1 Å². The quantitative estimate of drug-likeness (QED) is 0.233. The number of hydrogen-bond acceptors (Lipinski definition) is 3. The van der Waals surface area contributed by atoms with Crippen molar-refractivity contribution in [1.82, 2.24) is 0 Å². The van der Waals surface area contributed by atoms with Gasteiger partial charge in [0.1, 0.15) is 0 Å². The lowest BCUT2D eigenvalue weighted by Gasteiger charge is -2.42. The number of rotatable bonds is 13. The highest BCUT2D eigenvalue weighted by Gasteiger charge is 2.50. The summed E-state index contributed by atoms with van der Waals surface area (Å²) < 4.78 is 18.5. The molecule has 0 saturated carbocycles. The van der Waals surface area contributed by atoms with Crippen molar-refractivity contribution < 1.29 is 14.0 Å². The highest BCUT2D eigenvalue weighted by molar-refractivity contribution is 6.51. The van der Waals surface area contributed by atoms with Crippen LogP contribution in [0.3, 0.4) is 0 Å². The average Bonchev–Trinajstić information content (AvgIpc) is 2.79. The standard InChI is InChI=1S/C25H49BO3/c1-10-11-12-13-14-15-16-19-25(9,22(2,3)4)27-21-18-17-20-26-28-23(5,6)24(7,8)29-26/h17,20H,10-16,18-19,21H2,1-9H3/b20-17+. The highest BCUT2D eigenvalue weighted by Crippen LogP contribution is 2.38. The largest absolute Gasteiger partial charge is 0.486 e. The van der Waals surface area contributed by atoms with Gasteiger partial charge in [-0.3, -0.25) is 0 Å². The van der Waals surface area contributed by atoms with Crippen LogP contribution < -0.4 is 0 Å². The predicted molar refractivity (Wildman–Crippen MR) is 126 cm³/mol. The van der Waals surface area contributed by atoms with Gasteiger partial charge in [0.05, 0.1) is 23.4 Å². The first-order valence-electron chi connectivity index (χ1n) is 12.0. The summed E-state index contributed by atoms with van der Waals surface area (Å²) in [5.74, 6) is 2.03. The second kappa shape index (κ2) is 11.3. The van der Waals surface area contributed by atoms with Crippen molar-refractivity contribution in [3.05, 3.63) is 12.1 Å². The molecule has 170 valence electrons. The van der Waals surface area contributed by atoms with E-state index < -0.39 is 0 Å². The van der Waals surface area contributed by atoms with Gasteiger partial charge >= 0.3 is 7.12 Å². The van der Waals surface area contributed by atoms with E-state index in [2.05, 4.69) is 68.4 Å². The Bertz CT molecular complexity index is 477. The monoisotopic (exact) mass is 408 g/mol. The minimum absolute atomic E-state index is 0.0887. The lowest BCUT2D eigenvalue weighted by atomic mass is 9.74. The molecule has 1 unspecified atom stereocenters. The molecule has 0 aliphatic carbocycles. The van der Waals surface area contributed by atoms with Crippen LogP contribution in [0.1, 0.15) is 120 Å². The van der Waals surface area contributed by atoms with Crippen LogP contribution in [0.5, 0.6) is 0 Å². The summed E-state index contributed by atoms with van der Waals surface area (Å²) in [6.07, 6.45) is 13.5. The molecule has 0 bridgehead atoms. The lowest BCUT2D eigenvalue weighted by Crippen LogP contribution is -2.42. The molecule has 0 radical (unpaired) electrons. The minimum atomic E-state index is -0.278. The van der Waals surface area contributed by atoms with Crippen LogP contribution in [0.2, 0.25) is 0 Å². The smallest absolute Gasteiger partial charge is 0.400 e. The summed E-state index contributed by atoms with van der Waals surface area (Å²) in [5.41, 5.74) is -0.515. The summed E-state index contributed by atoms with van der Waals surface area (Å²) in [5, 5.41) is 0. The van der Waals surface area contributed by atoms with E-state index in [-0.39, 0.29) is 29.3 Å². The Hall–Kier alpha value is -0.315. The van der Waals surface area contributed by atoms with E-state index in [0.717, 1.165) is 19.4 Å². The molecule has 1 saturated heterocycles. The summed E-state index contributed by atoms with van der Waals surface area (Å²) in [7, 11) is -0.262. The third-order valence-electron chi connectivity index (χ3n) is 7.11.